The maximum atomic E-state index is 13.0. The Bertz CT molecular complexity index is 788. The van der Waals surface area contributed by atoms with Crippen LogP contribution in [0, 0.1) is 0 Å². The molecule has 128 valence electrons. The molecule has 6 nitrogen and oxygen atoms in total. The number of hydrogen-bond acceptors (Lipinski definition) is 6. The van der Waals surface area contributed by atoms with E-state index in [1.807, 2.05) is 6.92 Å². The lowest BCUT2D eigenvalue weighted by atomic mass is 10.0. The first-order valence-electron chi connectivity index (χ1n) is 7.61. The molecule has 8 heteroatoms. The molecule has 0 aliphatic heterocycles. The fourth-order valence-corrected chi connectivity index (χ4v) is 3.36. The number of hydrogen-bond donors (Lipinski definition) is 0. The molecule has 1 unspecified atom stereocenters. The zero-order chi connectivity index (χ0) is 17.3. The number of benzene rings is 1. The smallest absolute Gasteiger partial charge is 0.200 e. The zero-order valence-electron chi connectivity index (χ0n) is 13.0. The molecule has 0 bridgehead atoms. The second kappa shape index (κ2) is 7.04. The first-order valence-corrected chi connectivity index (χ1v) is 9.23. The summed E-state index contributed by atoms with van der Waals surface area (Å²) in [4.78, 5) is 14.6. The normalized spacial score (nSPS) is 15.3. The molecule has 2 aromatic rings. The predicted octanol–water partition coefficient (Wildman–Crippen LogP) is 3.10. The summed E-state index contributed by atoms with van der Waals surface area (Å²) in [5.41, 5.74) is 1.30. The summed E-state index contributed by atoms with van der Waals surface area (Å²) in [6.45, 7) is 2.24. The standard InChI is InChI=1S/C16H17ClN2O4S/c1-2-19(9-24(21)22)14-7-11(17)5-6-12(14)15(20)13-8-18-23-16(13)10-3-4-10/h5-8,10H,2-4,9H2,1H3,(H,21,22)/p-1. The van der Waals surface area contributed by atoms with Crippen molar-refractivity contribution in [1.29, 1.82) is 0 Å². The van der Waals surface area contributed by atoms with Crippen molar-refractivity contribution in [3.05, 3.63) is 46.3 Å². The Morgan fingerprint density at radius 2 is 2.21 bits per heavy atom. The summed E-state index contributed by atoms with van der Waals surface area (Å²) in [7, 11) is 0. The van der Waals surface area contributed by atoms with E-state index >= 15 is 0 Å². The maximum Gasteiger partial charge on any atom is 0.200 e. The number of carbonyl (C=O) groups is 1. The number of anilines is 1. The van der Waals surface area contributed by atoms with Gasteiger partial charge in [0.25, 0.3) is 0 Å². The van der Waals surface area contributed by atoms with Gasteiger partial charge in [-0.2, -0.15) is 0 Å². The SMILES string of the molecule is CCN(CS(=O)[O-])c1cc(Cl)ccc1C(=O)c1cnoc1C1CC1. The highest BCUT2D eigenvalue weighted by Crippen LogP contribution is 2.42. The van der Waals surface area contributed by atoms with E-state index in [-0.39, 0.29) is 17.6 Å². The number of nitrogens with zero attached hydrogens (tertiary/aromatic N) is 2. The van der Waals surface area contributed by atoms with Gasteiger partial charge in [-0.3, -0.25) is 9.00 Å². The average molecular weight is 368 g/mol. The Labute approximate surface area is 147 Å². The molecule has 1 atom stereocenters. The molecule has 1 aliphatic carbocycles. The van der Waals surface area contributed by atoms with Crippen molar-refractivity contribution in [2.75, 3.05) is 17.3 Å². The third kappa shape index (κ3) is 3.53. The van der Waals surface area contributed by atoms with E-state index in [9.17, 15) is 13.6 Å². The van der Waals surface area contributed by atoms with Crippen LogP contribution in [0.25, 0.3) is 0 Å². The van der Waals surface area contributed by atoms with Crippen molar-refractivity contribution in [1.82, 2.24) is 5.16 Å². The summed E-state index contributed by atoms with van der Waals surface area (Å²) in [5.74, 6) is 0.408. The molecule has 0 amide bonds. The number of rotatable bonds is 7. The summed E-state index contributed by atoms with van der Waals surface area (Å²) in [6.07, 6.45) is 3.40. The third-order valence-corrected chi connectivity index (χ3v) is 4.74. The molecule has 24 heavy (non-hydrogen) atoms. The minimum atomic E-state index is -2.27. The fourth-order valence-electron chi connectivity index (χ4n) is 2.62. The van der Waals surface area contributed by atoms with Crippen LogP contribution in [0.5, 0.6) is 0 Å². The summed E-state index contributed by atoms with van der Waals surface area (Å²) < 4.78 is 27.4. The largest absolute Gasteiger partial charge is 0.771 e. The van der Waals surface area contributed by atoms with E-state index in [1.165, 1.54) is 6.20 Å². The highest BCUT2D eigenvalue weighted by Gasteiger charge is 2.33. The van der Waals surface area contributed by atoms with Crippen LogP contribution in [-0.2, 0) is 11.1 Å². The van der Waals surface area contributed by atoms with Crippen LogP contribution >= 0.6 is 11.6 Å². The summed E-state index contributed by atoms with van der Waals surface area (Å²) >= 11 is 3.78. The molecule has 0 N–H and O–H groups in total. The van der Waals surface area contributed by atoms with E-state index in [0.29, 0.717) is 34.1 Å². The molecule has 1 saturated carbocycles. The van der Waals surface area contributed by atoms with Gasteiger partial charge in [0.2, 0.25) is 0 Å². The fraction of sp³-hybridized carbons (Fsp3) is 0.375. The van der Waals surface area contributed by atoms with Crippen molar-refractivity contribution in [3.63, 3.8) is 0 Å². The Balaban J connectivity index is 2.02. The van der Waals surface area contributed by atoms with E-state index < -0.39 is 11.1 Å². The average Bonchev–Trinajstić information content (AvgIpc) is 3.28. The van der Waals surface area contributed by atoms with Gasteiger partial charge < -0.3 is 14.0 Å². The topological polar surface area (TPSA) is 86.5 Å². The lowest BCUT2D eigenvalue weighted by molar-refractivity contribution is 0.103. The Morgan fingerprint density at radius 3 is 2.83 bits per heavy atom. The molecule has 1 fully saturated rings. The van der Waals surface area contributed by atoms with Gasteiger partial charge in [0.05, 0.1) is 23.3 Å². The Morgan fingerprint density at radius 1 is 1.46 bits per heavy atom. The first kappa shape index (κ1) is 17.1. The molecule has 1 heterocycles. The molecule has 1 aromatic carbocycles. The summed E-state index contributed by atoms with van der Waals surface area (Å²) in [6, 6.07) is 4.83. The monoisotopic (exact) mass is 367 g/mol. The van der Waals surface area contributed by atoms with Crippen molar-refractivity contribution in [2.24, 2.45) is 0 Å². The van der Waals surface area contributed by atoms with Crippen molar-refractivity contribution < 1.29 is 18.1 Å². The van der Waals surface area contributed by atoms with Gasteiger partial charge in [-0.05, 0) is 49.0 Å². The molecule has 0 radical (unpaired) electrons. The van der Waals surface area contributed by atoms with Crippen molar-refractivity contribution >= 4 is 34.2 Å². The lowest BCUT2D eigenvalue weighted by Crippen LogP contribution is -2.28. The van der Waals surface area contributed by atoms with E-state index in [2.05, 4.69) is 5.16 Å². The predicted molar refractivity (Wildman–Crippen MR) is 90.2 cm³/mol. The number of carbonyl (C=O) groups excluding carboxylic acids is 1. The van der Waals surface area contributed by atoms with E-state index in [0.717, 1.165) is 12.8 Å². The van der Waals surface area contributed by atoms with Gasteiger partial charge >= 0.3 is 0 Å². The van der Waals surface area contributed by atoms with E-state index in [1.54, 1.807) is 23.1 Å². The maximum absolute atomic E-state index is 13.0. The first-order chi connectivity index (χ1) is 11.5. The second-order valence-electron chi connectivity index (χ2n) is 5.66. The van der Waals surface area contributed by atoms with Gasteiger partial charge in [-0.25, -0.2) is 0 Å². The second-order valence-corrected chi connectivity index (χ2v) is 6.96. The molecular weight excluding hydrogens is 352 g/mol. The van der Waals surface area contributed by atoms with E-state index in [4.69, 9.17) is 16.1 Å². The molecule has 0 saturated heterocycles. The Kier molecular flexibility index (Phi) is 5.03. The van der Waals surface area contributed by atoms with Gasteiger partial charge in [0.1, 0.15) is 0 Å². The number of halogens is 1. The van der Waals surface area contributed by atoms with Gasteiger partial charge in [-0.1, -0.05) is 16.8 Å². The zero-order valence-corrected chi connectivity index (χ0v) is 14.6. The highest BCUT2D eigenvalue weighted by molar-refractivity contribution is 7.79. The minimum absolute atomic E-state index is 0.212. The third-order valence-electron chi connectivity index (χ3n) is 3.98. The van der Waals surface area contributed by atoms with Gasteiger partial charge in [0.15, 0.2) is 11.5 Å². The molecular formula is C16H16ClN2O4S-. The lowest BCUT2D eigenvalue weighted by Gasteiger charge is -2.26. The van der Waals surface area contributed by atoms with Crippen LogP contribution in [0.4, 0.5) is 5.69 Å². The van der Waals surface area contributed by atoms with Crippen LogP contribution in [0.1, 0.15) is 47.4 Å². The number of ketones is 1. The molecule has 3 rings (SSSR count). The minimum Gasteiger partial charge on any atom is -0.771 e. The van der Waals surface area contributed by atoms with Gasteiger partial charge in [0, 0.05) is 23.0 Å². The van der Waals surface area contributed by atoms with Crippen LogP contribution in [0.15, 0.2) is 28.9 Å². The quantitative estimate of drug-likeness (QED) is 0.552. The van der Waals surface area contributed by atoms with Crippen LogP contribution in [0.2, 0.25) is 5.02 Å². The number of aromatic nitrogens is 1. The van der Waals surface area contributed by atoms with Crippen LogP contribution in [-0.4, -0.2) is 32.1 Å². The summed E-state index contributed by atoms with van der Waals surface area (Å²) in [5, 5.41) is 4.19. The van der Waals surface area contributed by atoms with Crippen LogP contribution in [0.3, 0.4) is 0 Å². The molecule has 0 spiro atoms. The Hall–Kier alpha value is -1.70. The molecule has 1 aliphatic rings. The van der Waals surface area contributed by atoms with Crippen molar-refractivity contribution in [3.8, 4) is 0 Å². The van der Waals surface area contributed by atoms with Crippen LogP contribution < -0.4 is 4.90 Å². The molecule has 1 aromatic heterocycles. The van der Waals surface area contributed by atoms with Crippen molar-refractivity contribution in [2.45, 2.75) is 25.7 Å². The van der Waals surface area contributed by atoms with Gasteiger partial charge in [-0.15, -0.1) is 0 Å². The highest BCUT2D eigenvalue weighted by atomic mass is 35.5.